The minimum Gasteiger partial charge on any atom is -0.508 e. The van der Waals surface area contributed by atoms with Crippen LogP contribution in [0.2, 0.25) is 0 Å². The largest absolute Gasteiger partial charge is 0.508 e. The van der Waals surface area contributed by atoms with Gasteiger partial charge in [0, 0.05) is 11.9 Å². The van der Waals surface area contributed by atoms with E-state index in [-0.39, 0.29) is 23.6 Å². The number of aromatic nitrogens is 2. The number of phenols is 1. The lowest BCUT2D eigenvalue weighted by Crippen LogP contribution is -2.30. The molecule has 1 heterocycles. The molecule has 0 radical (unpaired) electrons. The Morgan fingerprint density at radius 2 is 1.55 bits per heavy atom. The van der Waals surface area contributed by atoms with Crippen molar-refractivity contribution < 1.29 is 9.90 Å². The van der Waals surface area contributed by atoms with Gasteiger partial charge in [0.2, 0.25) is 5.91 Å². The molecule has 31 heavy (non-hydrogen) atoms. The molecule has 0 aliphatic heterocycles. The number of carbonyl (C=O) groups is 1. The second-order valence-corrected chi connectivity index (χ2v) is 7.38. The van der Waals surface area contributed by atoms with Gasteiger partial charge in [0.15, 0.2) is 0 Å². The number of nitrogens with zero attached hydrogens (tertiary/aromatic N) is 2. The highest BCUT2D eigenvalue weighted by atomic mass is 16.3. The molecule has 3 aromatic carbocycles. The van der Waals surface area contributed by atoms with Crippen LogP contribution < -0.4 is 10.9 Å². The van der Waals surface area contributed by atoms with Gasteiger partial charge in [-0.3, -0.25) is 9.59 Å². The zero-order valence-electron chi connectivity index (χ0n) is 17.0. The lowest BCUT2D eigenvalue weighted by atomic mass is 10.1. The molecule has 0 saturated heterocycles. The molecule has 4 rings (SSSR count). The van der Waals surface area contributed by atoms with Crippen LogP contribution in [0.4, 0.5) is 0 Å². The van der Waals surface area contributed by atoms with E-state index in [1.54, 1.807) is 18.2 Å². The third-order valence-electron chi connectivity index (χ3n) is 5.12. The molecule has 156 valence electrons. The monoisotopic (exact) mass is 413 g/mol. The van der Waals surface area contributed by atoms with Crippen molar-refractivity contribution in [1.29, 1.82) is 0 Å². The molecule has 0 aliphatic carbocycles. The Hall–Kier alpha value is -3.93. The van der Waals surface area contributed by atoms with E-state index < -0.39 is 0 Å². The molecule has 0 fully saturated rings. The van der Waals surface area contributed by atoms with Crippen LogP contribution in [0.25, 0.3) is 10.8 Å². The zero-order chi connectivity index (χ0) is 21.6. The Bertz CT molecular complexity index is 1250. The van der Waals surface area contributed by atoms with Crippen LogP contribution in [0.3, 0.4) is 0 Å². The summed E-state index contributed by atoms with van der Waals surface area (Å²) in [5, 5.41) is 18.1. The second-order valence-electron chi connectivity index (χ2n) is 7.38. The van der Waals surface area contributed by atoms with E-state index in [1.807, 2.05) is 60.7 Å². The number of rotatable bonds is 7. The molecule has 6 nitrogen and oxygen atoms in total. The maximum Gasteiger partial charge on any atom is 0.274 e. The maximum atomic E-state index is 12.9. The molecule has 6 heteroatoms. The topological polar surface area (TPSA) is 84.2 Å². The molecule has 1 aromatic heterocycles. The van der Waals surface area contributed by atoms with Crippen molar-refractivity contribution in [3.05, 3.63) is 106 Å². The molecule has 0 saturated carbocycles. The third kappa shape index (κ3) is 4.98. The molecule has 2 N–H and O–H groups in total. The van der Waals surface area contributed by atoms with E-state index in [4.69, 9.17) is 0 Å². The summed E-state index contributed by atoms with van der Waals surface area (Å²) in [5.74, 6) is 0.0673. The van der Waals surface area contributed by atoms with Gasteiger partial charge in [-0.25, -0.2) is 4.68 Å². The molecule has 0 aliphatic rings. The van der Waals surface area contributed by atoms with E-state index in [9.17, 15) is 14.7 Å². The molecule has 0 spiro atoms. The molecule has 0 unspecified atom stereocenters. The minimum atomic E-state index is -0.170. The number of amides is 1. The number of carbonyl (C=O) groups excluding carboxylic acids is 1. The smallest absolute Gasteiger partial charge is 0.274 e. The second kappa shape index (κ2) is 9.26. The zero-order valence-corrected chi connectivity index (χ0v) is 17.0. The van der Waals surface area contributed by atoms with E-state index >= 15 is 0 Å². The number of hydrogen-bond acceptors (Lipinski definition) is 4. The summed E-state index contributed by atoms with van der Waals surface area (Å²) >= 11 is 0. The lowest BCUT2D eigenvalue weighted by Gasteiger charge is -2.11. The van der Waals surface area contributed by atoms with Crippen molar-refractivity contribution in [3.8, 4) is 5.75 Å². The summed E-state index contributed by atoms with van der Waals surface area (Å²) < 4.78 is 1.43. The van der Waals surface area contributed by atoms with Crippen LogP contribution >= 0.6 is 0 Å². The third-order valence-corrected chi connectivity index (χ3v) is 5.12. The van der Waals surface area contributed by atoms with Crippen molar-refractivity contribution in [3.63, 3.8) is 0 Å². The fourth-order valence-electron chi connectivity index (χ4n) is 3.52. The average Bonchev–Trinajstić information content (AvgIpc) is 2.79. The quantitative estimate of drug-likeness (QED) is 0.488. The number of nitrogens with one attached hydrogen (secondary N) is 1. The standard InChI is InChI=1S/C25H23N3O3/c29-20-12-10-18(11-13-20)14-15-26-24(30)16-23-21-8-4-5-9-22(21)25(31)28(27-23)17-19-6-2-1-3-7-19/h1-13,29H,14-17H2,(H,26,30). The van der Waals surface area contributed by atoms with Gasteiger partial charge in [-0.05, 0) is 35.7 Å². The minimum absolute atomic E-state index is 0.0885. The number of hydrogen-bond donors (Lipinski definition) is 2. The fourth-order valence-corrected chi connectivity index (χ4v) is 3.52. The predicted octanol–water partition coefficient (Wildman–Crippen LogP) is 3.05. The highest BCUT2D eigenvalue weighted by molar-refractivity contribution is 5.88. The summed E-state index contributed by atoms with van der Waals surface area (Å²) in [6, 6.07) is 23.8. The maximum absolute atomic E-state index is 12.9. The highest BCUT2D eigenvalue weighted by Gasteiger charge is 2.14. The van der Waals surface area contributed by atoms with Gasteiger partial charge >= 0.3 is 0 Å². The van der Waals surface area contributed by atoms with Crippen molar-refractivity contribution in [1.82, 2.24) is 15.1 Å². The average molecular weight is 413 g/mol. The van der Waals surface area contributed by atoms with Crippen LogP contribution in [0.15, 0.2) is 83.7 Å². The van der Waals surface area contributed by atoms with Crippen molar-refractivity contribution >= 4 is 16.7 Å². The Morgan fingerprint density at radius 3 is 2.29 bits per heavy atom. The number of benzene rings is 3. The van der Waals surface area contributed by atoms with Crippen molar-refractivity contribution in [2.75, 3.05) is 6.54 Å². The summed E-state index contributed by atoms with van der Waals surface area (Å²) in [6.07, 6.45) is 0.749. The summed E-state index contributed by atoms with van der Waals surface area (Å²) in [5.41, 5.74) is 2.40. The molecule has 0 bridgehead atoms. The SMILES string of the molecule is O=C(Cc1nn(Cc2ccccc2)c(=O)c2ccccc12)NCCc1ccc(O)cc1. The van der Waals surface area contributed by atoms with Crippen LogP contribution in [-0.4, -0.2) is 27.3 Å². The first-order chi connectivity index (χ1) is 15.1. The normalized spacial score (nSPS) is 10.8. The fraction of sp³-hybridized carbons (Fsp3) is 0.160. The summed E-state index contributed by atoms with van der Waals surface area (Å²) in [6.45, 7) is 0.825. The van der Waals surface area contributed by atoms with Crippen LogP contribution in [0, 0.1) is 0 Å². The van der Waals surface area contributed by atoms with Crippen molar-refractivity contribution in [2.45, 2.75) is 19.4 Å². The molecular formula is C25H23N3O3. The number of aromatic hydroxyl groups is 1. The van der Waals surface area contributed by atoms with E-state index in [0.717, 1.165) is 11.1 Å². The first-order valence-corrected chi connectivity index (χ1v) is 10.2. The first kappa shape index (κ1) is 20.3. The molecule has 1 amide bonds. The summed E-state index contributed by atoms with van der Waals surface area (Å²) in [4.78, 5) is 25.5. The molecular weight excluding hydrogens is 390 g/mol. The lowest BCUT2D eigenvalue weighted by molar-refractivity contribution is -0.120. The van der Waals surface area contributed by atoms with Crippen LogP contribution in [0.5, 0.6) is 5.75 Å². The van der Waals surface area contributed by atoms with Gasteiger partial charge in [0.05, 0.1) is 24.0 Å². The van der Waals surface area contributed by atoms with E-state index in [1.165, 1.54) is 4.68 Å². The van der Waals surface area contributed by atoms with Crippen LogP contribution in [-0.2, 0) is 24.2 Å². The Morgan fingerprint density at radius 1 is 0.871 bits per heavy atom. The van der Waals surface area contributed by atoms with Gasteiger partial charge in [-0.2, -0.15) is 5.10 Å². The van der Waals surface area contributed by atoms with E-state index in [2.05, 4.69) is 10.4 Å². The number of fused-ring (bicyclic) bond motifs is 1. The van der Waals surface area contributed by atoms with Gasteiger partial charge in [-0.1, -0.05) is 60.7 Å². The predicted molar refractivity (Wildman–Crippen MR) is 120 cm³/mol. The molecule has 0 atom stereocenters. The van der Waals surface area contributed by atoms with Gasteiger partial charge in [-0.15, -0.1) is 0 Å². The van der Waals surface area contributed by atoms with Crippen LogP contribution in [0.1, 0.15) is 16.8 Å². The highest BCUT2D eigenvalue weighted by Crippen LogP contribution is 2.15. The Labute approximate surface area is 179 Å². The Kier molecular flexibility index (Phi) is 6.08. The Balaban J connectivity index is 1.52. The van der Waals surface area contributed by atoms with E-state index in [0.29, 0.717) is 36.0 Å². The van der Waals surface area contributed by atoms with Gasteiger partial charge < -0.3 is 10.4 Å². The van der Waals surface area contributed by atoms with Gasteiger partial charge in [0.25, 0.3) is 5.56 Å². The summed E-state index contributed by atoms with van der Waals surface area (Å²) in [7, 11) is 0. The van der Waals surface area contributed by atoms with Gasteiger partial charge in [0.1, 0.15) is 5.75 Å². The van der Waals surface area contributed by atoms with Crippen molar-refractivity contribution in [2.24, 2.45) is 0 Å². The molecule has 4 aromatic rings. The number of phenolic OH excluding ortho intramolecular Hbond substituents is 1. The first-order valence-electron chi connectivity index (χ1n) is 10.2.